The Morgan fingerprint density at radius 1 is 1.30 bits per heavy atom. The van der Waals surface area contributed by atoms with Gasteiger partial charge in [0, 0.05) is 19.7 Å². The monoisotopic (exact) mass is 340 g/mol. The number of likely N-dealkylation sites (tertiary alicyclic amines) is 1. The van der Waals surface area contributed by atoms with E-state index in [1.807, 2.05) is 49.2 Å². The van der Waals surface area contributed by atoms with Crippen molar-refractivity contribution in [2.24, 2.45) is 5.92 Å². The normalized spacial score (nSPS) is 16.7. The molecule has 1 heterocycles. The van der Waals surface area contributed by atoms with Crippen LogP contribution in [0.3, 0.4) is 0 Å². The second kappa shape index (κ2) is 10.6. The van der Waals surface area contributed by atoms with E-state index in [9.17, 15) is 4.79 Å². The molecule has 1 atom stereocenters. The van der Waals surface area contributed by atoms with Crippen molar-refractivity contribution in [1.82, 2.24) is 10.2 Å². The molecule has 0 spiro atoms. The highest BCUT2D eigenvalue weighted by Crippen LogP contribution is 2.25. The Morgan fingerprint density at radius 2 is 1.96 bits per heavy atom. The lowest BCUT2D eigenvalue weighted by Gasteiger charge is -2.34. The third-order valence-electron chi connectivity index (χ3n) is 4.39. The van der Waals surface area contributed by atoms with Crippen LogP contribution >= 0.6 is 12.4 Å². The van der Waals surface area contributed by atoms with Crippen LogP contribution in [0.1, 0.15) is 37.9 Å². The van der Waals surface area contributed by atoms with E-state index < -0.39 is 6.10 Å². The molecule has 0 aromatic heterocycles. The highest BCUT2D eigenvalue weighted by atomic mass is 35.5. The molecule has 0 aliphatic carbocycles. The molecule has 4 nitrogen and oxygen atoms in total. The number of nitrogens with one attached hydrogen (secondary N) is 1. The third-order valence-corrected chi connectivity index (χ3v) is 4.39. The number of nitrogens with zero attached hydrogens (tertiary/aromatic N) is 1. The standard InChI is InChI=1S/C18H28N2O2.ClH/c1-3-22-17(16-7-5-4-6-8-16)18(21)20-13-10-15(11-14-20)9-12-19-2;/h4-8,15,17,19H,3,9-14H2,1-2H3;1H. The lowest BCUT2D eigenvalue weighted by Crippen LogP contribution is -2.42. The van der Waals surface area contributed by atoms with Gasteiger partial charge in [0.1, 0.15) is 0 Å². The van der Waals surface area contributed by atoms with Gasteiger partial charge in [0.2, 0.25) is 0 Å². The summed E-state index contributed by atoms with van der Waals surface area (Å²) in [6, 6.07) is 9.82. The Balaban J connectivity index is 0.00000264. The molecule has 1 fully saturated rings. The number of carbonyl (C=O) groups excluding carboxylic acids is 1. The van der Waals surface area contributed by atoms with E-state index >= 15 is 0 Å². The van der Waals surface area contributed by atoms with Gasteiger partial charge in [-0.3, -0.25) is 4.79 Å². The van der Waals surface area contributed by atoms with Gasteiger partial charge in [-0.2, -0.15) is 0 Å². The summed E-state index contributed by atoms with van der Waals surface area (Å²) in [7, 11) is 1.99. The molecule has 0 saturated carbocycles. The topological polar surface area (TPSA) is 41.6 Å². The molecule has 1 N–H and O–H groups in total. The average Bonchev–Trinajstić information content (AvgIpc) is 2.58. The predicted octanol–water partition coefficient (Wildman–Crippen LogP) is 3.03. The molecule has 1 aliphatic rings. The van der Waals surface area contributed by atoms with E-state index in [1.165, 1.54) is 6.42 Å². The first-order valence-corrected chi connectivity index (χ1v) is 8.36. The lowest BCUT2D eigenvalue weighted by molar-refractivity contribution is -0.145. The minimum Gasteiger partial charge on any atom is -0.364 e. The van der Waals surface area contributed by atoms with E-state index in [0.29, 0.717) is 6.61 Å². The van der Waals surface area contributed by atoms with Crippen molar-refractivity contribution >= 4 is 18.3 Å². The zero-order valence-corrected chi connectivity index (χ0v) is 15.0. The molecule has 0 bridgehead atoms. The van der Waals surface area contributed by atoms with Crippen molar-refractivity contribution in [1.29, 1.82) is 0 Å². The van der Waals surface area contributed by atoms with Crippen LogP contribution in [-0.2, 0) is 9.53 Å². The van der Waals surface area contributed by atoms with Gasteiger partial charge in [-0.25, -0.2) is 0 Å². The quantitative estimate of drug-likeness (QED) is 0.829. The van der Waals surface area contributed by atoms with Crippen LogP contribution in [0, 0.1) is 5.92 Å². The Kier molecular flexibility index (Phi) is 9.22. The van der Waals surface area contributed by atoms with E-state index in [0.717, 1.165) is 44.0 Å². The van der Waals surface area contributed by atoms with Crippen LogP contribution in [0.25, 0.3) is 0 Å². The molecule has 1 aromatic rings. The van der Waals surface area contributed by atoms with Gasteiger partial charge in [0.25, 0.3) is 5.91 Å². The SMILES string of the molecule is CCOC(C(=O)N1CCC(CCNC)CC1)c1ccccc1.Cl. The number of ether oxygens (including phenoxy) is 1. The Labute approximate surface area is 146 Å². The number of amides is 1. The van der Waals surface area contributed by atoms with Crippen LogP contribution < -0.4 is 5.32 Å². The summed E-state index contributed by atoms with van der Waals surface area (Å²) in [5.74, 6) is 0.846. The van der Waals surface area contributed by atoms with E-state index in [-0.39, 0.29) is 18.3 Å². The maximum atomic E-state index is 12.8. The van der Waals surface area contributed by atoms with Crippen molar-refractivity contribution in [2.75, 3.05) is 33.3 Å². The summed E-state index contributed by atoms with van der Waals surface area (Å²) in [6.07, 6.45) is 2.94. The minimum absolute atomic E-state index is 0. The third kappa shape index (κ3) is 5.79. The summed E-state index contributed by atoms with van der Waals surface area (Å²) in [5, 5.41) is 3.20. The average molecular weight is 341 g/mol. The highest BCUT2D eigenvalue weighted by Gasteiger charge is 2.29. The van der Waals surface area contributed by atoms with E-state index in [2.05, 4.69) is 5.32 Å². The summed E-state index contributed by atoms with van der Waals surface area (Å²) >= 11 is 0. The van der Waals surface area contributed by atoms with Gasteiger partial charge >= 0.3 is 0 Å². The highest BCUT2D eigenvalue weighted by molar-refractivity contribution is 5.85. The summed E-state index contributed by atoms with van der Waals surface area (Å²) in [5.41, 5.74) is 0.951. The lowest BCUT2D eigenvalue weighted by atomic mass is 9.93. The predicted molar refractivity (Wildman–Crippen MR) is 95.9 cm³/mol. The first kappa shape index (κ1) is 19.9. The van der Waals surface area contributed by atoms with Gasteiger partial charge in [-0.15, -0.1) is 12.4 Å². The molecule has 1 saturated heterocycles. The Bertz CT molecular complexity index is 448. The Hall–Kier alpha value is -1.10. The zero-order chi connectivity index (χ0) is 15.8. The number of rotatable bonds is 7. The van der Waals surface area contributed by atoms with Crippen LogP contribution in [-0.4, -0.2) is 44.1 Å². The Morgan fingerprint density at radius 3 is 2.52 bits per heavy atom. The van der Waals surface area contributed by atoms with E-state index in [1.54, 1.807) is 0 Å². The zero-order valence-electron chi connectivity index (χ0n) is 14.2. The molecule has 1 unspecified atom stereocenters. The van der Waals surface area contributed by atoms with Crippen LogP contribution in [0.2, 0.25) is 0 Å². The molecule has 5 heteroatoms. The molecule has 0 radical (unpaired) electrons. The number of carbonyl (C=O) groups is 1. The number of piperidine rings is 1. The van der Waals surface area contributed by atoms with Crippen LogP contribution in [0.5, 0.6) is 0 Å². The second-order valence-corrected chi connectivity index (χ2v) is 5.91. The fourth-order valence-corrected chi connectivity index (χ4v) is 3.06. The van der Waals surface area contributed by atoms with Gasteiger partial charge in [-0.05, 0) is 51.3 Å². The molecule has 1 amide bonds. The molecule has 130 valence electrons. The molecule has 2 rings (SSSR count). The van der Waals surface area contributed by atoms with Gasteiger partial charge in [-0.1, -0.05) is 30.3 Å². The van der Waals surface area contributed by atoms with Crippen LogP contribution in [0.4, 0.5) is 0 Å². The number of hydrogen-bond donors (Lipinski definition) is 1. The molecule has 1 aliphatic heterocycles. The second-order valence-electron chi connectivity index (χ2n) is 5.91. The first-order valence-electron chi connectivity index (χ1n) is 8.36. The minimum atomic E-state index is -0.458. The van der Waals surface area contributed by atoms with Crippen molar-refractivity contribution < 1.29 is 9.53 Å². The van der Waals surface area contributed by atoms with Gasteiger partial charge in [0.15, 0.2) is 6.10 Å². The van der Waals surface area contributed by atoms with E-state index in [4.69, 9.17) is 4.74 Å². The van der Waals surface area contributed by atoms with Crippen molar-refractivity contribution in [3.05, 3.63) is 35.9 Å². The van der Waals surface area contributed by atoms with Crippen LogP contribution in [0.15, 0.2) is 30.3 Å². The number of hydrogen-bond acceptors (Lipinski definition) is 3. The fourth-order valence-electron chi connectivity index (χ4n) is 3.06. The maximum absolute atomic E-state index is 12.8. The maximum Gasteiger partial charge on any atom is 0.256 e. The van der Waals surface area contributed by atoms with Gasteiger partial charge in [0.05, 0.1) is 0 Å². The fraction of sp³-hybridized carbons (Fsp3) is 0.611. The smallest absolute Gasteiger partial charge is 0.256 e. The summed E-state index contributed by atoms with van der Waals surface area (Å²) in [4.78, 5) is 14.8. The van der Waals surface area contributed by atoms with Gasteiger partial charge < -0.3 is 15.0 Å². The van der Waals surface area contributed by atoms with Crippen molar-refractivity contribution in [2.45, 2.75) is 32.3 Å². The summed E-state index contributed by atoms with van der Waals surface area (Å²) < 4.78 is 5.73. The molecular formula is C18H29ClN2O2. The largest absolute Gasteiger partial charge is 0.364 e. The number of benzene rings is 1. The summed E-state index contributed by atoms with van der Waals surface area (Å²) in [6.45, 7) is 5.24. The number of halogens is 1. The van der Waals surface area contributed by atoms with Crippen molar-refractivity contribution in [3.8, 4) is 0 Å². The molecular weight excluding hydrogens is 312 g/mol. The molecule has 23 heavy (non-hydrogen) atoms. The van der Waals surface area contributed by atoms with Crippen molar-refractivity contribution in [3.63, 3.8) is 0 Å². The molecule has 1 aromatic carbocycles. The first-order chi connectivity index (χ1) is 10.8.